The van der Waals surface area contributed by atoms with E-state index in [2.05, 4.69) is 15.3 Å². The minimum atomic E-state index is -1.11. The molecule has 86 valence electrons. The fraction of sp³-hybridized carbons (Fsp3) is 0.875. The predicted octanol–water partition coefficient (Wildman–Crippen LogP) is -3.02. The monoisotopic (exact) mass is 219 g/mol. The summed E-state index contributed by atoms with van der Waals surface area (Å²) in [5.41, 5.74) is 2.80. The zero-order valence-corrected chi connectivity index (χ0v) is 8.25. The van der Waals surface area contributed by atoms with Crippen molar-refractivity contribution >= 4 is 5.91 Å². The van der Waals surface area contributed by atoms with Crippen LogP contribution in [-0.2, 0) is 9.26 Å². The molecule has 15 heavy (non-hydrogen) atoms. The van der Waals surface area contributed by atoms with Gasteiger partial charge in [0.25, 0.3) is 0 Å². The van der Waals surface area contributed by atoms with Gasteiger partial charge in [0.2, 0.25) is 12.0 Å². The van der Waals surface area contributed by atoms with Crippen molar-refractivity contribution in [1.82, 2.24) is 10.8 Å². The van der Waals surface area contributed by atoms with Gasteiger partial charge in [-0.1, -0.05) is 0 Å². The predicted molar refractivity (Wildman–Crippen MR) is 48.5 cm³/mol. The molecule has 7 nitrogen and oxygen atoms in total. The molecule has 1 amide bonds. The summed E-state index contributed by atoms with van der Waals surface area (Å²) >= 11 is 0. The van der Waals surface area contributed by atoms with Gasteiger partial charge in [-0.05, 0) is 5.48 Å². The highest BCUT2D eigenvalue weighted by molar-refractivity contribution is 5.73. The molecule has 0 aromatic heterocycles. The van der Waals surface area contributed by atoms with Crippen molar-refractivity contribution in [3.63, 3.8) is 0 Å². The van der Waals surface area contributed by atoms with Crippen molar-refractivity contribution in [3.05, 3.63) is 0 Å². The molecule has 0 saturated carbocycles. The molecule has 0 spiro atoms. The minimum absolute atomic E-state index is 0.275. The highest BCUT2D eigenvalue weighted by Crippen LogP contribution is 2.34. The number of fused-ring (bicyclic) bond motifs is 1. The summed E-state index contributed by atoms with van der Waals surface area (Å²) in [6.07, 6.45) is -3.09. The van der Waals surface area contributed by atoms with E-state index < -0.39 is 24.4 Å². The van der Waals surface area contributed by atoms with Crippen LogP contribution >= 0.6 is 0 Å². The standard InChI is InChI=1S/C8H14N2O5/c1-3(12)9-5-7(14)6(13)4(2-11)15-8(5)10-15/h4-8,10-11,13-14H,2H2,1H3/p+1/t4-,5+,6+,7+,8-/m0/s1. The Morgan fingerprint density at radius 2 is 2.13 bits per heavy atom. The second-order valence-corrected chi connectivity index (χ2v) is 3.84. The van der Waals surface area contributed by atoms with Gasteiger partial charge >= 0.3 is 6.23 Å². The Hall–Kier alpha value is -0.730. The van der Waals surface area contributed by atoms with Crippen molar-refractivity contribution < 1.29 is 24.6 Å². The van der Waals surface area contributed by atoms with Crippen LogP contribution in [0.15, 0.2) is 0 Å². The summed E-state index contributed by atoms with van der Waals surface area (Å²) in [6.45, 7) is 1.06. The first kappa shape index (κ1) is 10.8. The molecule has 2 fully saturated rings. The summed E-state index contributed by atoms with van der Waals surface area (Å²) < 4.78 is 2.46. The third kappa shape index (κ3) is 1.72. The number of hydrogen-bond acceptors (Lipinski definition) is 5. The Balaban J connectivity index is 2.08. The van der Waals surface area contributed by atoms with Gasteiger partial charge < -0.3 is 20.6 Å². The van der Waals surface area contributed by atoms with Gasteiger partial charge in [-0.3, -0.25) is 9.26 Å². The number of hydroxylamine groups is 1. The van der Waals surface area contributed by atoms with E-state index in [-0.39, 0.29) is 18.7 Å². The second kappa shape index (κ2) is 3.69. The number of carbonyl (C=O) groups excluding carboxylic acids is 1. The van der Waals surface area contributed by atoms with Crippen LogP contribution < -0.4 is 10.8 Å². The molecule has 2 rings (SSSR count). The van der Waals surface area contributed by atoms with E-state index in [9.17, 15) is 15.0 Å². The molecule has 7 heteroatoms. The summed E-state index contributed by atoms with van der Waals surface area (Å²) in [4.78, 5) is 10.9. The van der Waals surface area contributed by atoms with Crippen molar-refractivity contribution in [3.8, 4) is 0 Å². The molecule has 0 radical (unpaired) electrons. The van der Waals surface area contributed by atoms with Crippen LogP contribution in [0, 0.1) is 0 Å². The van der Waals surface area contributed by atoms with Crippen LogP contribution in [0.25, 0.3) is 0 Å². The van der Waals surface area contributed by atoms with Crippen LogP contribution in [0.5, 0.6) is 0 Å². The molecule has 2 saturated heterocycles. The van der Waals surface area contributed by atoms with Crippen LogP contribution in [-0.4, -0.2) is 58.4 Å². The normalized spacial score (nSPS) is 44.7. The van der Waals surface area contributed by atoms with Gasteiger partial charge in [-0.2, -0.15) is 0 Å². The minimum Gasteiger partial charge on any atom is -0.388 e. The summed E-state index contributed by atoms with van der Waals surface area (Å²) in [5, 5.41) is 30.9. The molecule has 0 unspecified atom stereocenters. The Morgan fingerprint density at radius 1 is 1.47 bits per heavy atom. The number of nitrogens with one attached hydrogen (secondary N) is 2. The molecule has 2 aliphatic heterocycles. The van der Waals surface area contributed by atoms with E-state index in [1.54, 1.807) is 0 Å². The van der Waals surface area contributed by atoms with E-state index in [0.717, 1.165) is 0 Å². The van der Waals surface area contributed by atoms with Crippen molar-refractivity contribution in [2.24, 2.45) is 0 Å². The second-order valence-electron chi connectivity index (χ2n) is 3.84. The molecule has 5 N–H and O–H groups in total. The molecule has 5 atom stereocenters. The van der Waals surface area contributed by atoms with E-state index in [0.29, 0.717) is 0 Å². The largest absolute Gasteiger partial charge is 0.388 e. The highest BCUT2D eigenvalue weighted by atomic mass is 17.0. The lowest BCUT2D eigenvalue weighted by Gasteiger charge is -2.30. The number of aliphatic hydroxyl groups excluding tert-OH is 3. The Bertz CT molecular complexity index is 274. The Morgan fingerprint density at radius 3 is 2.67 bits per heavy atom. The SMILES string of the molecule is CC(=O)N[C@@H]1[C@@H](O)[C@H](O)[C@H](CO)[O+]2N[C@H]12. The molecular formula is C8H15N2O5+. The number of aliphatic hydroxyl groups is 3. The molecule has 2 heterocycles. The average molecular weight is 219 g/mol. The molecule has 2 aliphatic rings. The van der Waals surface area contributed by atoms with Crippen LogP contribution in [0.4, 0.5) is 0 Å². The van der Waals surface area contributed by atoms with Gasteiger partial charge in [0.15, 0.2) is 12.1 Å². The van der Waals surface area contributed by atoms with Crippen molar-refractivity contribution in [1.29, 1.82) is 0 Å². The lowest BCUT2D eigenvalue weighted by atomic mass is 9.98. The van der Waals surface area contributed by atoms with Gasteiger partial charge in [0, 0.05) is 6.92 Å². The maximum absolute atomic E-state index is 10.9. The Labute approximate surface area is 86.3 Å². The molecular weight excluding hydrogens is 204 g/mol. The maximum Gasteiger partial charge on any atom is 0.316 e. The highest BCUT2D eigenvalue weighted by Gasteiger charge is 2.65. The number of hydrogen-bond donors (Lipinski definition) is 5. The fourth-order valence-corrected chi connectivity index (χ4v) is 1.96. The molecule has 0 aromatic rings. The first-order valence-corrected chi connectivity index (χ1v) is 4.78. The first-order chi connectivity index (χ1) is 7.06. The van der Waals surface area contributed by atoms with Crippen LogP contribution in [0.3, 0.4) is 0 Å². The topological polar surface area (TPSA) is 114 Å². The molecule has 0 bridgehead atoms. The van der Waals surface area contributed by atoms with Crippen LogP contribution in [0.2, 0.25) is 0 Å². The smallest absolute Gasteiger partial charge is 0.316 e. The van der Waals surface area contributed by atoms with Gasteiger partial charge in [-0.25, -0.2) is 0 Å². The lowest BCUT2D eigenvalue weighted by molar-refractivity contribution is -0.199. The Kier molecular flexibility index (Phi) is 2.65. The fourth-order valence-electron chi connectivity index (χ4n) is 1.96. The van der Waals surface area contributed by atoms with E-state index >= 15 is 0 Å². The molecule has 0 aromatic carbocycles. The molecule has 0 aliphatic carbocycles. The quantitative estimate of drug-likeness (QED) is 0.250. The van der Waals surface area contributed by atoms with Gasteiger partial charge in [0.1, 0.15) is 12.7 Å². The summed E-state index contributed by atoms with van der Waals surface area (Å²) in [7, 11) is 0. The van der Waals surface area contributed by atoms with Crippen molar-refractivity contribution in [2.45, 2.75) is 37.5 Å². The summed E-state index contributed by atoms with van der Waals surface area (Å²) in [5.74, 6) is -0.275. The average Bonchev–Trinajstić information content (AvgIpc) is 2.92. The van der Waals surface area contributed by atoms with E-state index in [1.165, 1.54) is 6.92 Å². The third-order valence-corrected chi connectivity index (χ3v) is 2.77. The van der Waals surface area contributed by atoms with Crippen LogP contribution in [0.1, 0.15) is 6.92 Å². The lowest BCUT2D eigenvalue weighted by Crippen LogP contribution is -2.59. The van der Waals surface area contributed by atoms with Crippen molar-refractivity contribution in [2.75, 3.05) is 6.61 Å². The first-order valence-electron chi connectivity index (χ1n) is 4.78. The van der Waals surface area contributed by atoms with Gasteiger partial charge in [-0.15, -0.1) is 0 Å². The summed E-state index contributed by atoms with van der Waals surface area (Å²) in [6, 6.07) is -0.578. The number of carbonyl (C=O) groups is 1. The number of rotatable bonds is 2. The third-order valence-electron chi connectivity index (χ3n) is 2.77. The maximum atomic E-state index is 10.9. The van der Waals surface area contributed by atoms with E-state index in [1.807, 2.05) is 0 Å². The zero-order valence-electron chi connectivity index (χ0n) is 8.25. The van der Waals surface area contributed by atoms with E-state index in [4.69, 9.17) is 5.11 Å². The van der Waals surface area contributed by atoms with Gasteiger partial charge in [0.05, 0.1) is 0 Å². The number of amides is 1. The zero-order chi connectivity index (χ0) is 11.2.